The molecule has 1 aromatic carbocycles. The van der Waals surface area contributed by atoms with Gasteiger partial charge in [0.2, 0.25) is 0 Å². The Bertz CT molecular complexity index is 558. The number of nitro groups is 1. The molecule has 6 nitrogen and oxygen atoms in total. The van der Waals surface area contributed by atoms with Gasteiger partial charge < -0.3 is 10.1 Å². The molecule has 0 spiro atoms. The minimum atomic E-state index is -1.79. The van der Waals surface area contributed by atoms with Crippen molar-refractivity contribution in [1.82, 2.24) is 5.32 Å². The molecule has 0 saturated carbocycles. The van der Waals surface area contributed by atoms with Gasteiger partial charge in [-0.05, 0) is 38.5 Å². The van der Waals surface area contributed by atoms with Crippen LogP contribution >= 0.6 is 43.5 Å². The number of halogens is 3. The van der Waals surface area contributed by atoms with Crippen molar-refractivity contribution in [1.29, 1.82) is 0 Å². The molecule has 1 rings (SSSR count). The molecule has 0 aliphatic carbocycles. The van der Waals surface area contributed by atoms with Crippen LogP contribution in [0.4, 0.5) is 4.79 Å². The lowest BCUT2D eigenvalue weighted by Gasteiger charge is -2.27. The average Bonchev–Trinajstić information content (AvgIpc) is 2.34. The molecule has 0 aliphatic rings. The Morgan fingerprint density at radius 1 is 1.32 bits per heavy atom. The van der Waals surface area contributed by atoms with E-state index in [1.54, 1.807) is 45.0 Å². The fourth-order valence-electron chi connectivity index (χ4n) is 1.56. The van der Waals surface area contributed by atoms with Crippen molar-refractivity contribution in [2.24, 2.45) is 0 Å². The molecule has 1 unspecified atom stereocenters. The summed E-state index contributed by atoms with van der Waals surface area (Å²) >= 11 is 11.8. The maximum Gasteiger partial charge on any atom is 0.408 e. The fourth-order valence-corrected chi connectivity index (χ4v) is 2.44. The highest BCUT2D eigenvalue weighted by Crippen LogP contribution is 2.40. The number of benzene rings is 1. The molecule has 0 fully saturated rings. The maximum atomic E-state index is 12.0. The molecule has 0 radical (unpaired) electrons. The molecule has 1 aromatic rings. The monoisotopic (exact) mass is 456 g/mol. The van der Waals surface area contributed by atoms with Gasteiger partial charge in [0.1, 0.15) is 11.6 Å². The van der Waals surface area contributed by atoms with E-state index in [2.05, 4.69) is 37.2 Å². The van der Waals surface area contributed by atoms with Crippen molar-refractivity contribution in [3.05, 3.63) is 45.0 Å². The molecular weight excluding hydrogens is 443 g/mol. The summed E-state index contributed by atoms with van der Waals surface area (Å²) in [6, 6.07) is 5.32. The van der Waals surface area contributed by atoms with Crippen LogP contribution in [0.1, 0.15) is 32.4 Å². The van der Waals surface area contributed by atoms with E-state index in [0.29, 0.717) is 10.6 Å². The molecule has 0 aromatic heterocycles. The van der Waals surface area contributed by atoms with Crippen molar-refractivity contribution in [3.63, 3.8) is 0 Å². The zero-order valence-corrected chi connectivity index (χ0v) is 16.0. The SMILES string of the molecule is CC(C)(C)OC(=O)NC(c1ccc(Cl)cc1)C(Br)(Br)[N+](=O)[O-]. The molecule has 22 heavy (non-hydrogen) atoms. The van der Waals surface area contributed by atoms with E-state index in [1.807, 2.05) is 0 Å². The number of ether oxygens (including phenoxy) is 1. The van der Waals surface area contributed by atoms with Gasteiger partial charge in [0.05, 0.1) is 4.92 Å². The van der Waals surface area contributed by atoms with Crippen LogP contribution in [0.2, 0.25) is 5.02 Å². The van der Waals surface area contributed by atoms with Gasteiger partial charge in [0.15, 0.2) is 0 Å². The summed E-state index contributed by atoms with van der Waals surface area (Å²) in [7, 11) is 0. The van der Waals surface area contributed by atoms with E-state index in [-0.39, 0.29) is 0 Å². The number of hydrogen-bond acceptors (Lipinski definition) is 4. The van der Waals surface area contributed by atoms with Crippen LogP contribution in [0.15, 0.2) is 24.3 Å². The van der Waals surface area contributed by atoms with Crippen molar-refractivity contribution >= 4 is 49.6 Å². The van der Waals surface area contributed by atoms with Crippen LogP contribution in [-0.4, -0.2) is 20.0 Å². The summed E-state index contributed by atoms with van der Waals surface area (Å²) in [5, 5.41) is 14.2. The lowest BCUT2D eigenvalue weighted by molar-refractivity contribution is -0.509. The number of amides is 1. The van der Waals surface area contributed by atoms with Gasteiger partial charge in [-0.2, -0.15) is 0 Å². The third kappa shape index (κ3) is 5.40. The summed E-state index contributed by atoms with van der Waals surface area (Å²) in [5.41, 5.74) is -0.231. The Morgan fingerprint density at radius 3 is 2.23 bits per heavy atom. The fraction of sp³-hybridized carbons (Fsp3) is 0.462. The van der Waals surface area contributed by atoms with Crippen LogP contribution < -0.4 is 5.32 Å². The Labute approximate surface area is 150 Å². The Balaban J connectivity index is 3.10. The smallest absolute Gasteiger partial charge is 0.408 e. The number of hydrogen-bond donors (Lipinski definition) is 1. The first-order valence-electron chi connectivity index (χ1n) is 6.21. The van der Waals surface area contributed by atoms with Crippen LogP contribution in [-0.2, 0) is 4.74 Å². The highest BCUT2D eigenvalue weighted by Gasteiger charge is 2.48. The summed E-state index contributed by atoms with van der Waals surface area (Å²) in [4.78, 5) is 22.6. The molecule has 1 amide bonds. The lowest BCUT2D eigenvalue weighted by Crippen LogP contribution is -2.44. The lowest BCUT2D eigenvalue weighted by atomic mass is 10.1. The highest BCUT2D eigenvalue weighted by atomic mass is 79.9. The van der Waals surface area contributed by atoms with Gasteiger partial charge in [-0.1, -0.05) is 23.7 Å². The number of carbonyl (C=O) groups is 1. The van der Waals surface area contributed by atoms with Crippen molar-refractivity contribution in [3.8, 4) is 0 Å². The molecule has 1 N–H and O–H groups in total. The second-order valence-corrected chi connectivity index (χ2v) is 9.39. The van der Waals surface area contributed by atoms with E-state index >= 15 is 0 Å². The second kappa shape index (κ2) is 7.14. The van der Waals surface area contributed by atoms with E-state index in [4.69, 9.17) is 16.3 Å². The summed E-state index contributed by atoms with van der Waals surface area (Å²) < 4.78 is 3.36. The maximum absolute atomic E-state index is 12.0. The molecule has 0 saturated heterocycles. The molecule has 122 valence electrons. The Kier molecular flexibility index (Phi) is 6.23. The summed E-state index contributed by atoms with van der Waals surface area (Å²) in [6.45, 7) is 5.10. The predicted octanol–water partition coefficient (Wildman–Crippen LogP) is 4.63. The summed E-state index contributed by atoms with van der Waals surface area (Å²) in [6.07, 6.45) is -0.766. The second-order valence-electron chi connectivity index (χ2n) is 5.48. The quantitative estimate of drug-likeness (QED) is 0.309. The predicted molar refractivity (Wildman–Crippen MR) is 91.1 cm³/mol. The van der Waals surface area contributed by atoms with Crippen molar-refractivity contribution in [2.75, 3.05) is 0 Å². The zero-order valence-electron chi connectivity index (χ0n) is 12.1. The normalized spacial score (nSPS) is 13.4. The van der Waals surface area contributed by atoms with Crippen LogP contribution in [0.3, 0.4) is 0 Å². The molecular formula is C13H15Br2ClN2O4. The van der Waals surface area contributed by atoms with Crippen molar-refractivity contribution < 1.29 is 14.5 Å². The number of carbonyl (C=O) groups excluding carboxylic acids is 1. The number of alkyl halides is 2. The summed E-state index contributed by atoms with van der Waals surface area (Å²) in [5.74, 6) is 0. The van der Waals surface area contributed by atoms with Gasteiger partial charge in [0.25, 0.3) is 0 Å². The van der Waals surface area contributed by atoms with Crippen LogP contribution in [0, 0.1) is 10.1 Å². The first-order chi connectivity index (χ1) is 9.93. The highest BCUT2D eigenvalue weighted by molar-refractivity contribution is 9.25. The molecule has 9 heteroatoms. The average molecular weight is 459 g/mol. The van der Waals surface area contributed by atoms with Crippen LogP contribution in [0.25, 0.3) is 0 Å². The van der Waals surface area contributed by atoms with Gasteiger partial charge >= 0.3 is 9.45 Å². The topological polar surface area (TPSA) is 81.5 Å². The van der Waals surface area contributed by atoms with Crippen LogP contribution in [0.5, 0.6) is 0 Å². The van der Waals surface area contributed by atoms with Gasteiger partial charge in [-0.15, -0.1) is 0 Å². The minimum Gasteiger partial charge on any atom is -0.444 e. The van der Waals surface area contributed by atoms with E-state index in [9.17, 15) is 14.9 Å². The van der Waals surface area contributed by atoms with E-state index in [1.165, 1.54) is 0 Å². The van der Waals surface area contributed by atoms with Gasteiger partial charge in [-0.25, -0.2) is 4.79 Å². The van der Waals surface area contributed by atoms with E-state index in [0.717, 1.165) is 0 Å². The molecule has 0 aliphatic heterocycles. The molecule has 0 heterocycles. The minimum absolute atomic E-state index is 0.482. The third-order valence-electron chi connectivity index (χ3n) is 2.46. The first-order valence-corrected chi connectivity index (χ1v) is 8.17. The van der Waals surface area contributed by atoms with E-state index < -0.39 is 26.0 Å². The van der Waals surface area contributed by atoms with Gasteiger partial charge in [-0.3, -0.25) is 10.1 Å². The van der Waals surface area contributed by atoms with Gasteiger partial charge in [0, 0.05) is 36.9 Å². The van der Waals surface area contributed by atoms with Crippen molar-refractivity contribution in [2.45, 2.75) is 35.8 Å². The molecule has 0 bridgehead atoms. The largest absolute Gasteiger partial charge is 0.444 e. The third-order valence-corrected chi connectivity index (χ3v) is 4.20. The first kappa shape index (κ1) is 19.2. The molecule has 1 atom stereocenters. The number of rotatable bonds is 4. The Morgan fingerprint density at radius 2 is 1.82 bits per heavy atom. The number of alkyl carbamates (subject to hydrolysis) is 1. The number of nitrogens with one attached hydrogen (secondary N) is 1. The zero-order chi connectivity index (χ0) is 17.1. The standard InChI is InChI=1S/C13H15Br2ClN2O4/c1-12(2,3)22-11(19)17-10(13(14,15)18(20)21)8-4-6-9(16)7-5-8/h4-7,10H,1-3H3,(H,17,19). The number of nitrogens with zero attached hydrogens (tertiary/aromatic N) is 1. The Hall–Kier alpha value is -0.860.